The Kier molecular flexibility index (Phi) is 5.97. The fourth-order valence-corrected chi connectivity index (χ4v) is 2.08. The quantitative estimate of drug-likeness (QED) is 0.624. The molecular formula is C11H20O7. The molecule has 0 saturated carbocycles. The summed E-state index contributed by atoms with van der Waals surface area (Å²) in [5.74, 6) is -0.541. The Bertz CT molecular complexity index is 270. The van der Waals surface area contributed by atoms with Crippen molar-refractivity contribution in [2.75, 3.05) is 35.5 Å². The Labute approximate surface area is 106 Å². The molecular weight excluding hydrogens is 244 g/mol. The molecule has 0 aliphatic carbocycles. The van der Waals surface area contributed by atoms with Gasteiger partial charge in [-0.25, -0.2) is 4.79 Å². The van der Waals surface area contributed by atoms with Crippen LogP contribution in [0.4, 0.5) is 0 Å². The van der Waals surface area contributed by atoms with E-state index in [1.807, 2.05) is 0 Å². The van der Waals surface area contributed by atoms with Gasteiger partial charge in [0.25, 0.3) is 0 Å². The third-order valence-corrected chi connectivity index (χ3v) is 2.98. The van der Waals surface area contributed by atoms with Crippen LogP contribution in [0.25, 0.3) is 0 Å². The first-order valence-corrected chi connectivity index (χ1v) is 5.49. The minimum atomic E-state index is -0.915. The van der Waals surface area contributed by atoms with Gasteiger partial charge in [0.2, 0.25) is 0 Å². The molecule has 7 heteroatoms. The smallest absolute Gasteiger partial charge is 0.337 e. The van der Waals surface area contributed by atoms with Crippen LogP contribution < -0.4 is 0 Å². The first kappa shape index (κ1) is 15.3. The summed E-state index contributed by atoms with van der Waals surface area (Å²) in [4.78, 5) is 11.7. The van der Waals surface area contributed by atoms with Crippen molar-refractivity contribution >= 4 is 5.97 Å². The number of rotatable bonds is 5. The number of ether oxygens (including phenoxy) is 6. The second-order valence-electron chi connectivity index (χ2n) is 3.78. The van der Waals surface area contributed by atoms with Crippen molar-refractivity contribution in [2.45, 2.75) is 30.7 Å². The molecule has 18 heavy (non-hydrogen) atoms. The SMILES string of the molecule is COC(=O)[C@H]1O[C@H](OC)[C@@H](OC)[C@@H](OC)[C@@H]1OC. The molecule has 0 aromatic heterocycles. The minimum absolute atomic E-state index is 0.495. The van der Waals surface area contributed by atoms with E-state index >= 15 is 0 Å². The molecule has 1 aliphatic rings. The summed E-state index contributed by atoms with van der Waals surface area (Å²) in [5, 5.41) is 0. The van der Waals surface area contributed by atoms with Gasteiger partial charge in [-0.3, -0.25) is 0 Å². The second kappa shape index (κ2) is 7.01. The maximum absolute atomic E-state index is 11.7. The summed E-state index contributed by atoms with van der Waals surface area (Å²) in [7, 11) is 7.23. The average molecular weight is 264 g/mol. The summed E-state index contributed by atoms with van der Waals surface area (Å²) < 4.78 is 31.2. The van der Waals surface area contributed by atoms with Crippen molar-refractivity contribution in [3.63, 3.8) is 0 Å². The van der Waals surface area contributed by atoms with Crippen molar-refractivity contribution in [3.8, 4) is 0 Å². The molecule has 1 fully saturated rings. The van der Waals surface area contributed by atoms with Gasteiger partial charge < -0.3 is 28.4 Å². The fraction of sp³-hybridized carbons (Fsp3) is 0.909. The number of methoxy groups -OCH3 is 5. The number of hydrogen-bond acceptors (Lipinski definition) is 7. The number of carbonyl (C=O) groups is 1. The molecule has 106 valence electrons. The van der Waals surface area contributed by atoms with Gasteiger partial charge in [-0.2, -0.15) is 0 Å². The molecule has 1 saturated heterocycles. The number of esters is 1. The minimum Gasteiger partial charge on any atom is -0.467 e. The van der Waals surface area contributed by atoms with Crippen LogP contribution in [0.3, 0.4) is 0 Å². The highest BCUT2D eigenvalue weighted by Gasteiger charge is 2.50. The van der Waals surface area contributed by atoms with Gasteiger partial charge in [0, 0.05) is 28.4 Å². The molecule has 0 amide bonds. The number of hydrogen-bond donors (Lipinski definition) is 0. The van der Waals surface area contributed by atoms with Crippen LogP contribution in [-0.4, -0.2) is 72.2 Å². The van der Waals surface area contributed by atoms with Crippen LogP contribution in [0.2, 0.25) is 0 Å². The summed E-state index contributed by atoms with van der Waals surface area (Å²) in [5.41, 5.74) is 0. The monoisotopic (exact) mass is 264 g/mol. The lowest BCUT2D eigenvalue weighted by atomic mass is 9.98. The molecule has 0 unspecified atom stereocenters. The molecule has 5 atom stereocenters. The normalized spacial score (nSPS) is 36.4. The molecule has 7 nitrogen and oxygen atoms in total. The van der Waals surface area contributed by atoms with E-state index < -0.39 is 36.7 Å². The van der Waals surface area contributed by atoms with E-state index in [9.17, 15) is 4.79 Å². The largest absolute Gasteiger partial charge is 0.467 e. The first-order valence-electron chi connectivity index (χ1n) is 5.49. The van der Waals surface area contributed by atoms with E-state index in [4.69, 9.17) is 23.7 Å². The Morgan fingerprint density at radius 2 is 1.39 bits per heavy atom. The summed E-state index contributed by atoms with van der Waals surface area (Å²) in [6.45, 7) is 0. The van der Waals surface area contributed by atoms with Crippen molar-refractivity contribution in [2.24, 2.45) is 0 Å². The van der Waals surface area contributed by atoms with Gasteiger partial charge in [-0.15, -0.1) is 0 Å². The lowest BCUT2D eigenvalue weighted by molar-refractivity contribution is -0.299. The molecule has 0 aromatic carbocycles. The molecule has 0 bridgehead atoms. The Morgan fingerprint density at radius 3 is 1.78 bits per heavy atom. The van der Waals surface area contributed by atoms with Gasteiger partial charge in [0.05, 0.1) is 7.11 Å². The van der Waals surface area contributed by atoms with E-state index in [0.29, 0.717) is 0 Å². The molecule has 0 aromatic rings. The molecule has 1 heterocycles. The maximum atomic E-state index is 11.7. The molecule has 1 aliphatic heterocycles. The second-order valence-corrected chi connectivity index (χ2v) is 3.78. The Balaban J connectivity index is 2.97. The third kappa shape index (κ3) is 2.81. The Morgan fingerprint density at radius 1 is 0.833 bits per heavy atom. The topological polar surface area (TPSA) is 72.5 Å². The third-order valence-electron chi connectivity index (χ3n) is 2.98. The highest BCUT2D eigenvalue weighted by Crippen LogP contribution is 2.27. The molecule has 0 N–H and O–H groups in total. The average Bonchev–Trinajstić information content (AvgIpc) is 2.43. The van der Waals surface area contributed by atoms with E-state index in [0.717, 1.165) is 0 Å². The van der Waals surface area contributed by atoms with Crippen molar-refractivity contribution < 1.29 is 33.2 Å². The van der Waals surface area contributed by atoms with E-state index in [1.54, 1.807) is 0 Å². The van der Waals surface area contributed by atoms with Gasteiger partial charge >= 0.3 is 5.97 Å². The standard InChI is InChI=1S/C11H20O7/c1-13-6-7(14-2)9(15-3)11(17-5)18-8(6)10(12)16-4/h6-9,11H,1-5H3/t6-,7-,8-,9-,11-/m0/s1. The van der Waals surface area contributed by atoms with E-state index in [-0.39, 0.29) is 0 Å². The van der Waals surface area contributed by atoms with Crippen LogP contribution in [0.15, 0.2) is 0 Å². The highest BCUT2D eigenvalue weighted by molar-refractivity contribution is 5.75. The lowest BCUT2D eigenvalue weighted by Crippen LogP contribution is -2.62. The Hall–Kier alpha value is -0.730. The zero-order valence-corrected chi connectivity index (χ0v) is 11.2. The predicted molar refractivity (Wildman–Crippen MR) is 60.1 cm³/mol. The summed E-state index contributed by atoms with van der Waals surface area (Å²) in [6, 6.07) is 0. The van der Waals surface area contributed by atoms with Crippen LogP contribution >= 0.6 is 0 Å². The molecule has 0 spiro atoms. The lowest BCUT2D eigenvalue weighted by Gasteiger charge is -2.42. The van der Waals surface area contributed by atoms with Crippen LogP contribution in [0.5, 0.6) is 0 Å². The van der Waals surface area contributed by atoms with Crippen LogP contribution in [-0.2, 0) is 33.2 Å². The maximum Gasteiger partial charge on any atom is 0.337 e. The summed E-state index contributed by atoms with van der Waals surface area (Å²) >= 11 is 0. The van der Waals surface area contributed by atoms with Crippen molar-refractivity contribution in [1.29, 1.82) is 0 Å². The first-order chi connectivity index (χ1) is 8.64. The van der Waals surface area contributed by atoms with Gasteiger partial charge in [-0.05, 0) is 0 Å². The molecule has 0 radical (unpaired) electrons. The molecule has 1 rings (SSSR count). The van der Waals surface area contributed by atoms with Crippen LogP contribution in [0.1, 0.15) is 0 Å². The zero-order valence-electron chi connectivity index (χ0n) is 11.2. The van der Waals surface area contributed by atoms with E-state index in [1.165, 1.54) is 35.5 Å². The van der Waals surface area contributed by atoms with Gasteiger partial charge in [0.1, 0.15) is 18.3 Å². The van der Waals surface area contributed by atoms with Crippen LogP contribution in [0, 0.1) is 0 Å². The van der Waals surface area contributed by atoms with Crippen molar-refractivity contribution in [3.05, 3.63) is 0 Å². The summed E-state index contributed by atoms with van der Waals surface area (Å²) in [6.07, 6.45) is -3.26. The van der Waals surface area contributed by atoms with E-state index in [2.05, 4.69) is 4.74 Å². The highest BCUT2D eigenvalue weighted by atomic mass is 16.7. The fourth-order valence-electron chi connectivity index (χ4n) is 2.08. The van der Waals surface area contributed by atoms with Gasteiger partial charge in [0.15, 0.2) is 12.4 Å². The number of carbonyl (C=O) groups excluding carboxylic acids is 1. The predicted octanol–water partition coefficient (Wildman–Crippen LogP) is -0.424. The van der Waals surface area contributed by atoms with Gasteiger partial charge in [-0.1, -0.05) is 0 Å². The van der Waals surface area contributed by atoms with Crippen molar-refractivity contribution in [1.82, 2.24) is 0 Å². The zero-order chi connectivity index (χ0) is 13.7.